The van der Waals surface area contributed by atoms with Crippen molar-refractivity contribution in [3.05, 3.63) is 0 Å². The molecule has 2 aliphatic heterocycles. The number of aliphatic hydroxyl groups excluding tert-OH is 4. The second kappa shape index (κ2) is 7.74. The van der Waals surface area contributed by atoms with Crippen LogP contribution in [0.5, 0.6) is 0 Å². The van der Waals surface area contributed by atoms with Crippen molar-refractivity contribution in [3.63, 3.8) is 0 Å². The monoisotopic (exact) mass is 334 g/mol. The smallest absolute Gasteiger partial charge is 0.186 e. The zero-order valence-corrected chi connectivity index (χ0v) is 14.2. The molecule has 23 heavy (non-hydrogen) atoms. The fourth-order valence-electron chi connectivity index (χ4n) is 3.21. The topological polar surface area (TPSA) is 109 Å². The highest BCUT2D eigenvalue weighted by Gasteiger charge is 2.46. The molecule has 0 aliphatic carbocycles. The van der Waals surface area contributed by atoms with Gasteiger partial charge in [-0.25, -0.2) is 0 Å². The summed E-state index contributed by atoms with van der Waals surface area (Å²) in [7, 11) is 0. The first-order valence-corrected chi connectivity index (χ1v) is 8.37. The third-order valence-corrected chi connectivity index (χ3v) is 5.01. The molecule has 0 saturated carbocycles. The van der Waals surface area contributed by atoms with Crippen LogP contribution in [0.2, 0.25) is 0 Å². The second-order valence-electron chi connectivity index (χ2n) is 7.09. The average Bonchev–Trinajstić information content (AvgIpc) is 2.51. The van der Waals surface area contributed by atoms with Gasteiger partial charge in [-0.2, -0.15) is 0 Å². The van der Waals surface area contributed by atoms with E-state index in [1.807, 2.05) is 13.8 Å². The predicted molar refractivity (Wildman–Crippen MR) is 81.6 cm³/mol. The molecule has 2 aliphatic rings. The summed E-state index contributed by atoms with van der Waals surface area (Å²) in [5, 5.41) is 39.9. The average molecular weight is 334 g/mol. The summed E-state index contributed by atoms with van der Waals surface area (Å²) in [6.45, 7) is 7.27. The van der Waals surface area contributed by atoms with Crippen LogP contribution in [-0.4, -0.2) is 76.1 Å². The molecule has 0 spiro atoms. The van der Waals surface area contributed by atoms with Gasteiger partial charge in [-0.15, -0.1) is 0 Å². The van der Waals surface area contributed by atoms with Gasteiger partial charge in [0.05, 0.1) is 37.1 Å². The number of hydrogen-bond donors (Lipinski definition) is 4. The van der Waals surface area contributed by atoms with Crippen LogP contribution >= 0.6 is 0 Å². The zero-order chi connectivity index (χ0) is 17.3. The standard InChI is InChI=1S/C16H30O7/c1-7(2)10-5-11(14(19)9(4)21-10)22-16-15(20)13(18)8(3)12(6-17)23-16/h7-20H,5-6H2,1-4H3. The second-order valence-corrected chi connectivity index (χ2v) is 7.09. The van der Waals surface area contributed by atoms with Crippen molar-refractivity contribution < 1.29 is 34.6 Å². The lowest BCUT2D eigenvalue weighted by molar-refractivity contribution is -0.319. The number of aliphatic hydroxyl groups is 4. The van der Waals surface area contributed by atoms with Crippen LogP contribution in [-0.2, 0) is 14.2 Å². The minimum absolute atomic E-state index is 0.0587. The quantitative estimate of drug-likeness (QED) is 0.556. The molecule has 0 aromatic heterocycles. The van der Waals surface area contributed by atoms with Crippen LogP contribution in [0.15, 0.2) is 0 Å². The molecule has 0 radical (unpaired) electrons. The van der Waals surface area contributed by atoms with E-state index in [4.69, 9.17) is 14.2 Å². The van der Waals surface area contributed by atoms with Crippen molar-refractivity contribution in [1.29, 1.82) is 0 Å². The van der Waals surface area contributed by atoms with E-state index < -0.39 is 42.7 Å². The Morgan fingerprint density at radius 3 is 2.26 bits per heavy atom. The molecule has 2 fully saturated rings. The van der Waals surface area contributed by atoms with E-state index in [1.165, 1.54) is 0 Å². The number of ether oxygens (including phenoxy) is 3. The van der Waals surface area contributed by atoms with Gasteiger partial charge < -0.3 is 34.6 Å². The Labute approximate surface area is 137 Å². The Hall–Kier alpha value is -0.280. The van der Waals surface area contributed by atoms with Gasteiger partial charge in [0.1, 0.15) is 12.2 Å². The first-order valence-electron chi connectivity index (χ1n) is 8.37. The fourth-order valence-corrected chi connectivity index (χ4v) is 3.21. The Morgan fingerprint density at radius 2 is 1.70 bits per heavy atom. The van der Waals surface area contributed by atoms with Crippen LogP contribution in [0.3, 0.4) is 0 Å². The molecule has 2 heterocycles. The van der Waals surface area contributed by atoms with E-state index in [2.05, 4.69) is 0 Å². The van der Waals surface area contributed by atoms with E-state index in [0.717, 1.165) is 0 Å². The molecule has 2 saturated heterocycles. The Kier molecular flexibility index (Phi) is 6.41. The maximum absolute atomic E-state index is 10.3. The van der Waals surface area contributed by atoms with Crippen molar-refractivity contribution in [1.82, 2.24) is 0 Å². The largest absolute Gasteiger partial charge is 0.394 e. The molecule has 9 atom stereocenters. The Morgan fingerprint density at radius 1 is 1.04 bits per heavy atom. The summed E-state index contributed by atoms with van der Waals surface area (Å²) in [5.74, 6) is -0.138. The van der Waals surface area contributed by atoms with Crippen LogP contribution in [0.4, 0.5) is 0 Å². The Bertz CT molecular complexity index is 371. The molecule has 0 amide bonds. The molecule has 0 aromatic rings. The van der Waals surface area contributed by atoms with E-state index in [9.17, 15) is 20.4 Å². The summed E-state index contributed by atoms with van der Waals surface area (Å²) < 4.78 is 17.1. The van der Waals surface area contributed by atoms with Gasteiger partial charge in [0.15, 0.2) is 6.29 Å². The van der Waals surface area contributed by atoms with Gasteiger partial charge >= 0.3 is 0 Å². The van der Waals surface area contributed by atoms with E-state index >= 15 is 0 Å². The maximum atomic E-state index is 10.3. The van der Waals surface area contributed by atoms with E-state index in [0.29, 0.717) is 6.42 Å². The first kappa shape index (κ1) is 19.1. The highest BCUT2D eigenvalue weighted by atomic mass is 16.7. The van der Waals surface area contributed by atoms with Gasteiger partial charge in [-0.3, -0.25) is 0 Å². The van der Waals surface area contributed by atoms with E-state index in [-0.39, 0.29) is 24.7 Å². The van der Waals surface area contributed by atoms with Gasteiger partial charge in [0, 0.05) is 12.3 Å². The lowest BCUT2D eigenvalue weighted by atomic mass is 9.90. The molecule has 0 aromatic carbocycles. The fraction of sp³-hybridized carbons (Fsp3) is 1.00. The third kappa shape index (κ3) is 4.04. The van der Waals surface area contributed by atoms with E-state index in [1.54, 1.807) is 13.8 Å². The van der Waals surface area contributed by atoms with Crippen molar-refractivity contribution >= 4 is 0 Å². The Balaban J connectivity index is 2.06. The molecular weight excluding hydrogens is 304 g/mol. The number of hydrogen-bond acceptors (Lipinski definition) is 7. The molecule has 0 bridgehead atoms. The SMILES string of the molecule is CC(C)C1CC(OC2OC(CO)C(C)C(O)C2O)C(O)C(C)O1. The lowest BCUT2D eigenvalue weighted by Crippen LogP contribution is -2.58. The zero-order valence-electron chi connectivity index (χ0n) is 14.2. The van der Waals surface area contributed by atoms with Crippen molar-refractivity contribution in [2.75, 3.05) is 6.61 Å². The molecule has 2 rings (SSSR count). The highest BCUT2D eigenvalue weighted by Crippen LogP contribution is 2.32. The molecule has 4 N–H and O–H groups in total. The third-order valence-electron chi connectivity index (χ3n) is 5.01. The molecule has 7 heteroatoms. The van der Waals surface area contributed by atoms with Crippen LogP contribution in [0, 0.1) is 11.8 Å². The van der Waals surface area contributed by atoms with Gasteiger partial charge in [0.25, 0.3) is 0 Å². The van der Waals surface area contributed by atoms with Crippen molar-refractivity contribution in [2.24, 2.45) is 11.8 Å². The first-order chi connectivity index (χ1) is 10.8. The normalized spacial score (nSPS) is 48.7. The molecular formula is C16H30O7. The summed E-state index contributed by atoms with van der Waals surface area (Å²) >= 11 is 0. The summed E-state index contributed by atoms with van der Waals surface area (Å²) in [6, 6.07) is 0. The summed E-state index contributed by atoms with van der Waals surface area (Å²) in [4.78, 5) is 0. The summed E-state index contributed by atoms with van der Waals surface area (Å²) in [6.07, 6.45) is -5.36. The minimum atomic E-state index is -1.23. The van der Waals surface area contributed by atoms with Crippen LogP contribution in [0.1, 0.15) is 34.1 Å². The summed E-state index contributed by atoms with van der Waals surface area (Å²) in [5.41, 5.74) is 0. The maximum Gasteiger partial charge on any atom is 0.186 e. The van der Waals surface area contributed by atoms with Gasteiger partial charge in [-0.1, -0.05) is 20.8 Å². The molecule has 136 valence electrons. The van der Waals surface area contributed by atoms with Crippen molar-refractivity contribution in [2.45, 2.75) is 83.1 Å². The van der Waals surface area contributed by atoms with Crippen LogP contribution in [0.25, 0.3) is 0 Å². The highest BCUT2D eigenvalue weighted by molar-refractivity contribution is 4.90. The minimum Gasteiger partial charge on any atom is -0.394 e. The molecule has 9 unspecified atom stereocenters. The molecule has 7 nitrogen and oxygen atoms in total. The van der Waals surface area contributed by atoms with Crippen LogP contribution < -0.4 is 0 Å². The van der Waals surface area contributed by atoms with Gasteiger partial charge in [-0.05, 0) is 12.8 Å². The predicted octanol–water partition coefficient (Wildman–Crippen LogP) is -0.359. The van der Waals surface area contributed by atoms with Gasteiger partial charge in [0.2, 0.25) is 0 Å². The van der Waals surface area contributed by atoms with Crippen molar-refractivity contribution in [3.8, 4) is 0 Å². The lowest BCUT2D eigenvalue weighted by Gasteiger charge is -2.45. The number of rotatable bonds is 4.